The van der Waals surface area contributed by atoms with Crippen LogP contribution in [0.15, 0.2) is 17.8 Å². The summed E-state index contributed by atoms with van der Waals surface area (Å²) in [5.41, 5.74) is 0.0834. The molecule has 0 aliphatic rings. The van der Waals surface area contributed by atoms with Crippen molar-refractivity contribution in [1.82, 2.24) is 4.90 Å². The molecule has 0 heterocycles. The van der Waals surface area contributed by atoms with E-state index in [-0.39, 0.29) is 11.0 Å². The van der Waals surface area contributed by atoms with E-state index in [1.807, 2.05) is 13.2 Å². The van der Waals surface area contributed by atoms with Crippen LogP contribution in [0.25, 0.3) is 0 Å². The molecule has 0 aromatic rings. The van der Waals surface area contributed by atoms with Crippen LogP contribution in [-0.4, -0.2) is 23.3 Å². The van der Waals surface area contributed by atoms with Crippen molar-refractivity contribution < 1.29 is 0 Å². The van der Waals surface area contributed by atoms with Gasteiger partial charge >= 0.3 is 0 Å². The lowest BCUT2D eigenvalue weighted by Gasteiger charge is -2.40. The largest absolute Gasteiger partial charge is 0.332 e. The second kappa shape index (κ2) is 4.16. The average Bonchev–Trinajstić information content (AvgIpc) is 1.94. The second-order valence-electron chi connectivity index (χ2n) is 5.52. The summed E-state index contributed by atoms with van der Waals surface area (Å²) in [4.78, 5) is 6.50. The minimum atomic E-state index is 0.0316. The van der Waals surface area contributed by atoms with Crippen molar-refractivity contribution >= 4 is 5.84 Å². The van der Waals surface area contributed by atoms with Crippen molar-refractivity contribution in [2.75, 3.05) is 7.05 Å². The monoisotopic (exact) mass is 196 g/mol. The van der Waals surface area contributed by atoms with E-state index in [0.717, 1.165) is 5.84 Å². The lowest BCUT2D eigenvalue weighted by Crippen LogP contribution is -2.46. The third-order valence-electron chi connectivity index (χ3n) is 2.02. The zero-order valence-electron chi connectivity index (χ0n) is 10.7. The van der Waals surface area contributed by atoms with Gasteiger partial charge in [0.15, 0.2) is 0 Å². The molecule has 0 aromatic heterocycles. The minimum Gasteiger partial charge on any atom is -0.332 e. The smallest absolute Gasteiger partial charge is 0.108 e. The van der Waals surface area contributed by atoms with E-state index in [0.29, 0.717) is 0 Å². The fourth-order valence-corrected chi connectivity index (χ4v) is 1.48. The van der Waals surface area contributed by atoms with Gasteiger partial charge in [-0.1, -0.05) is 27.4 Å². The Labute approximate surface area is 88.7 Å². The zero-order valence-corrected chi connectivity index (χ0v) is 10.7. The van der Waals surface area contributed by atoms with Crippen LogP contribution in [-0.2, 0) is 0 Å². The Balaban J connectivity index is 5.13. The average molecular weight is 196 g/mol. The van der Waals surface area contributed by atoms with E-state index in [4.69, 9.17) is 0 Å². The summed E-state index contributed by atoms with van der Waals surface area (Å²) in [6.45, 7) is 16.8. The lowest BCUT2D eigenvalue weighted by molar-refractivity contribution is 0.286. The third kappa shape index (κ3) is 3.17. The highest BCUT2D eigenvalue weighted by Gasteiger charge is 2.29. The first-order valence-electron chi connectivity index (χ1n) is 5.03. The highest BCUT2D eigenvalue weighted by atomic mass is 15.2. The molecule has 0 atom stereocenters. The normalized spacial score (nSPS) is 14.1. The minimum absolute atomic E-state index is 0.0316. The summed E-state index contributed by atoms with van der Waals surface area (Å²) in [6.07, 6.45) is 1.85. The molecule has 0 fully saturated rings. The van der Waals surface area contributed by atoms with Crippen LogP contribution in [0.2, 0.25) is 0 Å². The number of rotatable bonds is 1. The van der Waals surface area contributed by atoms with Crippen LogP contribution in [0.4, 0.5) is 0 Å². The van der Waals surface area contributed by atoms with Gasteiger partial charge in [-0.25, -0.2) is 0 Å². The van der Waals surface area contributed by atoms with Crippen LogP contribution in [0, 0.1) is 5.41 Å². The fraction of sp³-hybridized carbons (Fsp3) is 0.750. The van der Waals surface area contributed by atoms with Gasteiger partial charge < -0.3 is 4.90 Å². The lowest BCUT2D eigenvalue weighted by atomic mass is 9.91. The Kier molecular flexibility index (Phi) is 3.92. The standard InChI is InChI=1S/C12H24N2/c1-9-14(12(5,6)7)10(13-8)11(2,3)4/h9H,1H2,2-8H3. The SMILES string of the molecule is C=CN(C(=NC)C(C)(C)C)C(C)(C)C. The second-order valence-corrected chi connectivity index (χ2v) is 5.52. The van der Waals surface area contributed by atoms with Crippen LogP contribution < -0.4 is 0 Å². The Morgan fingerprint density at radius 3 is 1.64 bits per heavy atom. The number of amidine groups is 1. The molecule has 0 bridgehead atoms. The molecule has 0 N–H and O–H groups in total. The molecule has 0 aliphatic carbocycles. The van der Waals surface area contributed by atoms with Gasteiger partial charge in [0, 0.05) is 18.0 Å². The van der Waals surface area contributed by atoms with Crippen molar-refractivity contribution in [3.8, 4) is 0 Å². The van der Waals surface area contributed by atoms with Gasteiger partial charge in [0.05, 0.1) is 0 Å². The Bertz CT molecular complexity index is 226. The highest BCUT2D eigenvalue weighted by molar-refractivity contribution is 5.88. The van der Waals surface area contributed by atoms with Crippen molar-refractivity contribution in [1.29, 1.82) is 0 Å². The molecule has 0 aliphatic heterocycles. The summed E-state index contributed by atoms with van der Waals surface area (Å²) < 4.78 is 0. The van der Waals surface area contributed by atoms with Gasteiger partial charge in [-0.3, -0.25) is 4.99 Å². The van der Waals surface area contributed by atoms with Crippen LogP contribution in [0.3, 0.4) is 0 Å². The van der Waals surface area contributed by atoms with Gasteiger partial charge in [-0.2, -0.15) is 0 Å². The van der Waals surface area contributed by atoms with Gasteiger partial charge in [0.1, 0.15) is 5.84 Å². The molecule has 0 aromatic carbocycles. The fourth-order valence-electron chi connectivity index (χ4n) is 1.48. The maximum Gasteiger partial charge on any atom is 0.108 e. The Morgan fingerprint density at radius 2 is 1.57 bits per heavy atom. The number of aliphatic imine (C=N–C) groups is 1. The molecule has 0 radical (unpaired) electrons. The third-order valence-corrected chi connectivity index (χ3v) is 2.02. The van der Waals surface area contributed by atoms with Crippen molar-refractivity contribution in [2.45, 2.75) is 47.1 Å². The molecule has 2 nitrogen and oxygen atoms in total. The Morgan fingerprint density at radius 1 is 1.14 bits per heavy atom. The van der Waals surface area contributed by atoms with E-state index in [1.165, 1.54) is 0 Å². The number of hydrogen-bond donors (Lipinski definition) is 0. The number of nitrogens with zero attached hydrogens (tertiary/aromatic N) is 2. The van der Waals surface area contributed by atoms with Crippen molar-refractivity contribution in [2.24, 2.45) is 10.4 Å². The first-order chi connectivity index (χ1) is 6.14. The van der Waals surface area contributed by atoms with Crippen molar-refractivity contribution in [3.05, 3.63) is 12.8 Å². The Hall–Kier alpha value is -0.790. The summed E-state index contributed by atoms with van der Waals surface area (Å²) >= 11 is 0. The van der Waals surface area contributed by atoms with Gasteiger partial charge in [0.25, 0.3) is 0 Å². The maximum absolute atomic E-state index is 4.37. The first-order valence-corrected chi connectivity index (χ1v) is 5.03. The van der Waals surface area contributed by atoms with Crippen molar-refractivity contribution in [3.63, 3.8) is 0 Å². The maximum atomic E-state index is 4.37. The van der Waals surface area contributed by atoms with E-state index in [1.54, 1.807) is 0 Å². The summed E-state index contributed by atoms with van der Waals surface area (Å²) in [6, 6.07) is 0. The summed E-state index contributed by atoms with van der Waals surface area (Å²) in [7, 11) is 1.84. The van der Waals surface area contributed by atoms with E-state index in [2.05, 4.69) is 58.0 Å². The summed E-state index contributed by atoms with van der Waals surface area (Å²) in [5, 5.41) is 0. The van der Waals surface area contributed by atoms with Crippen LogP contribution in [0.5, 0.6) is 0 Å². The molecule has 0 unspecified atom stereocenters. The quantitative estimate of drug-likeness (QED) is 0.464. The molecular weight excluding hydrogens is 172 g/mol. The first kappa shape index (κ1) is 13.2. The predicted molar refractivity (Wildman–Crippen MR) is 64.6 cm³/mol. The molecule has 0 amide bonds. The number of hydrogen-bond acceptors (Lipinski definition) is 1. The molecule has 0 saturated heterocycles. The zero-order chi connectivity index (χ0) is 11.6. The predicted octanol–water partition coefficient (Wildman–Crippen LogP) is 3.30. The highest BCUT2D eigenvalue weighted by Crippen LogP contribution is 2.25. The molecule has 0 saturated carbocycles. The van der Waals surface area contributed by atoms with E-state index >= 15 is 0 Å². The van der Waals surface area contributed by atoms with Gasteiger partial charge in [0.2, 0.25) is 0 Å². The molecule has 82 valence electrons. The molecule has 0 spiro atoms. The summed E-state index contributed by atoms with van der Waals surface area (Å²) in [5.74, 6) is 1.07. The topological polar surface area (TPSA) is 15.6 Å². The molecule has 0 rings (SSSR count). The van der Waals surface area contributed by atoms with Crippen LogP contribution in [0.1, 0.15) is 41.5 Å². The van der Waals surface area contributed by atoms with Crippen LogP contribution >= 0.6 is 0 Å². The molecule has 14 heavy (non-hydrogen) atoms. The van der Waals surface area contributed by atoms with E-state index < -0.39 is 0 Å². The molecule has 2 heteroatoms. The molecular formula is C12H24N2. The van der Waals surface area contributed by atoms with E-state index in [9.17, 15) is 0 Å². The van der Waals surface area contributed by atoms with Gasteiger partial charge in [-0.05, 0) is 27.0 Å². The van der Waals surface area contributed by atoms with Gasteiger partial charge in [-0.15, -0.1) is 0 Å².